The summed E-state index contributed by atoms with van der Waals surface area (Å²) < 4.78 is 3.56. The summed E-state index contributed by atoms with van der Waals surface area (Å²) in [7, 11) is 1.81. The Morgan fingerprint density at radius 3 is 2.87 bits per heavy atom. The number of rotatable bonds is 2. The van der Waals surface area contributed by atoms with Crippen LogP contribution in [0.15, 0.2) is 23.2 Å². The molecule has 15 heavy (non-hydrogen) atoms. The van der Waals surface area contributed by atoms with Gasteiger partial charge >= 0.3 is 0 Å². The molecule has 0 fully saturated rings. The maximum absolute atomic E-state index is 4.18. The maximum atomic E-state index is 4.18. The van der Waals surface area contributed by atoms with Crippen molar-refractivity contribution in [3.05, 3.63) is 26.8 Å². The van der Waals surface area contributed by atoms with Crippen LogP contribution in [-0.4, -0.2) is 26.8 Å². The predicted molar refractivity (Wildman–Crippen MR) is 69.1 cm³/mol. The van der Waals surface area contributed by atoms with Crippen LogP contribution in [0.2, 0.25) is 0 Å². The summed E-state index contributed by atoms with van der Waals surface area (Å²) in [5.74, 6) is 1.46. The number of hydrogen-bond acceptors (Lipinski definition) is 4. The molecule has 0 aliphatic rings. The van der Waals surface area contributed by atoms with Gasteiger partial charge in [-0.15, -0.1) is 0 Å². The van der Waals surface area contributed by atoms with Crippen molar-refractivity contribution in [1.82, 2.24) is 19.7 Å². The van der Waals surface area contributed by atoms with Crippen molar-refractivity contribution in [1.29, 1.82) is 0 Å². The Morgan fingerprint density at radius 2 is 2.27 bits per heavy atom. The first kappa shape index (κ1) is 10.8. The van der Waals surface area contributed by atoms with Crippen LogP contribution in [0, 0.1) is 3.57 Å². The van der Waals surface area contributed by atoms with Crippen LogP contribution in [-0.2, 0) is 0 Å². The van der Waals surface area contributed by atoms with Gasteiger partial charge in [-0.1, -0.05) is 0 Å². The third-order valence-electron chi connectivity index (χ3n) is 1.78. The standard InChI is InChI=1S/C8H7BrIN5/c1-11-7-6(9)8(13-4-12-7)15-3-5(10)2-14-15/h2-4H,1H3,(H,11,12,13). The molecule has 0 saturated heterocycles. The Labute approximate surface area is 109 Å². The van der Waals surface area contributed by atoms with E-state index in [4.69, 9.17) is 0 Å². The van der Waals surface area contributed by atoms with E-state index in [1.165, 1.54) is 6.33 Å². The minimum Gasteiger partial charge on any atom is -0.372 e. The fraction of sp³-hybridized carbons (Fsp3) is 0.125. The minimum absolute atomic E-state index is 0.720. The summed E-state index contributed by atoms with van der Waals surface area (Å²) in [5, 5.41) is 7.15. The SMILES string of the molecule is CNc1ncnc(-n2cc(I)cn2)c1Br. The normalized spacial score (nSPS) is 10.3. The van der Waals surface area contributed by atoms with Gasteiger partial charge in [-0.05, 0) is 38.5 Å². The molecule has 2 rings (SSSR count). The lowest BCUT2D eigenvalue weighted by Gasteiger charge is -2.06. The Bertz CT molecular complexity index is 484. The van der Waals surface area contributed by atoms with E-state index in [1.54, 1.807) is 10.9 Å². The zero-order valence-corrected chi connectivity index (χ0v) is 11.5. The van der Waals surface area contributed by atoms with Crippen LogP contribution < -0.4 is 5.32 Å². The lowest BCUT2D eigenvalue weighted by Crippen LogP contribution is -2.03. The van der Waals surface area contributed by atoms with E-state index in [-0.39, 0.29) is 0 Å². The van der Waals surface area contributed by atoms with Gasteiger partial charge < -0.3 is 5.32 Å². The van der Waals surface area contributed by atoms with Crippen molar-refractivity contribution in [3.8, 4) is 5.82 Å². The molecule has 0 unspecified atom stereocenters. The molecule has 0 spiro atoms. The lowest BCUT2D eigenvalue weighted by molar-refractivity contribution is 0.834. The van der Waals surface area contributed by atoms with Crippen molar-refractivity contribution in [3.63, 3.8) is 0 Å². The van der Waals surface area contributed by atoms with Gasteiger partial charge in [-0.2, -0.15) is 5.10 Å². The number of anilines is 1. The fourth-order valence-corrected chi connectivity index (χ4v) is 2.08. The van der Waals surface area contributed by atoms with Crippen LogP contribution >= 0.6 is 38.5 Å². The Morgan fingerprint density at radius 1 is 1.47 bits per heavy atom. The molecule has 0 amide bonds. The van der Waals surface area contributed by atoms with Gasteiger partial charge in [0.25, 0.3) is 0 Å². The average Bonchev–Trinajstić information content (AvgIpc) is 2.65. The maximum Gasteiger partial charge on any atom is 0.173 e. The Kier molecular flexibility index (Phi) is 3.19. The quantitative estimate of drug-likeness (QED) is 0.811. The molecule has 0 aliphatic heterocycles. The number of hydrogen-bond donors (Lipinski definition) is 1. The highest BCUT2D eigenvalue weighted by molar-refractivity contribution is 14.1. The summed E-state index contributed by atoms with van der Waals surface area (Å²) >= 11 is 5.64. The van der Waals surface area contributed by atoms with Gasteiger partial charge in [-0.3, -0.25) is 0 Å². The molecule has 2 aromatic heterocycles. The van der Waals surface area contributed by atoms with E-state index in [2.05, 4.69) is 58.9 Å². The molecule has 2 aromatic rings. The summed E-state index contributed by atoms with van der Waals surface area (Å²) in [4.78, 5) is 8.25. The monoisotopic (exact) mass is 379 g/mol. The zero-order valence-electron chi connectivity index (χ0n) is 7.78. The number of nitrogens with one attached hydrogen (secondary N) is 1. The van der Waals surface area contributed by atoms with E-state index in [9.17, 15) is 0 Å². The second-order valence-corrected chi connectivity index (χ2v) is 4.75. The first-order valence-corrected chi connectivity index (χ1v) is 5.98. The van der Waals surface area contributed by atoms with Crippen LogP contribution in [0.3, 0.4) is 0 Å². The molecule has 0 saturated carbocycles. The molecule has 1 N–H and O–H groups in total. The molecule has 0 atom stereocenters. The van der Waals surface area contributed by atoms with Gasteiger partial charge in [0.1, 0.15) is 16.6 Å². The topological polar surface area (TPSA) is 55.6 Å². The third kappa shape index (κ3) is 2.12. The average molecular weight is 380 g/mol. The van der Waals surface area contributed by atoms with Crippen molar-refractivity contribution >= 4 is 44.3 Å². The van der Waals surface area contributed by atoms with E-state index < -0.39 is 0 Å². The first-order chi connectivity index (χ1) is 7.22. The van der Waals surface area contributed by atoms with Crippen LogP contribution in [0.5, 0.6) is 0 Å². The minimum atomic E-state index is 0.720. The molecule has 0 bridgehead atoms. The highest BCUT2D eigenvalue weighted by atomic mass is 127. The largest absolute Gasteiger partial charge is 0.372 e. The number of halogens is 2. The Hall–Kier alpha value is -0.700. The van der Waals surface area contributed by atoms with Crippen molar-refractivity contribution in [2.24, 2.45) is 0 Å². The smallest absolute Gasteiger partial charge is 0.173 e. The van der Waals surface area contributed by atoms with E-state index >= 15 is 0 Å². The second-order valence-electron chi connectivity index (χ2n) is 2.71. The highest BCUT2D eigenvalue weighted by Crippen LogP contribution is 2.24. The zero-order chi connectivity index (χ0) is 10.8. The molecule has 7 heteroatoms. The molecule has 5 nitrogen and oxygen atoms in total. The summed E-state index contributed by atoms with van der Waals surface area (Å²) in [6.45, 7) is 0. The molecular formula is C8H7BrIN5. The summed E-state index contributed by atoms with van der Waals surface area (Å²) in [5.41, 5.74) is 0. The van der Waals surface area contributed by atoms with Crippen LogP contribution in [0.25, 0.3) is 5.82 Å². The fourth-order valence-electron chi connectivity index (χ4n) is 1.11. The number of nitrogens with zero attached hydrogens (tertiary/aromatic N) is 4. The van der Waals surface area contributed by atoms with Gasteiger partial charge in [-0.25, -0.2) is 14.6 Å². The summed E-state index contributed by atoms with van der Waals surface area (Å²) in [6.07, 6.45) is 5.17. The van der Waals surface area contributed by atoms with Crippen molar-refractivity contribution in [2.45, 2.75) is 0 Å². The second kappa shape index (κ2) is 4.44. The van der Waals surface area contributed by atoms with E-state index in [1.807, 2.05) is 13.2 Å². The van der Waals surface area contributed by atoms with E-state index in [0.29, 0.717) is 0 Å². The van der Waals surface area contributed by atoms with Crippen molar-refractivity contribution < 1.29 is 0 Å². The highest BCUT2D eigenvalue weighted by Gasteiger charge is 2.09. The molecule has 0 radical (unpaired) electrons. The van der Waals surface area contributed by atoms with Gasteiger partial charge in [0.2, 0.25) is 0 Å². The van der Waals surface area contributed by atoms with Gasteiger partial charge in [0.15, 0.2) is 5.82 Å². The lowest BCUT2D eigenvalue weighted by atomic mass is 10.5. The first-order valence-electron chi connectivity index (χ1n) is 4.11. The molecular weight excluding hydrogens is 373 g/mol. The van der Waals surface area contributed by atoms with Gasteiger partial charge in [0.05, 0.1) is 9.77 Å². The Balaban J connectivity index is 2.53. The van der Waals surface area contributed by atoms with Crippen LogP contribution in [0.1, 0.15) is 0 Å². The summed E-state index contributed by atoms with van der Waals surface area (Å²) in [6, 6.07) is 0. The predicted octanol–water partition coefficient (Wildman–Crippen LogP) is 2.07. The third-order valence-corrected chi connectivity index (χ3v) is 3.06. The van der Waals surface area contributed by atoms with Crippen molar-refractivity contribution in [2.75, 3.05) is 12.4 Å². The molecule has 0 aromatic carbocycles. The van der Waals surface area contributed by atoms with Gasteiger partial charge in [0, 0.05) is 13.2 Å². The molecule has 78 valence electrons. The van der Waals surface area contributed by atoms with Crippen LogP contribution in [0.4, 0.5) is 5.82 Å². The molecule has 0 aliphatic carbocycles. The molecule has 2 heterocycles. The number of aromatic nitrogens is 4. The van der Waals surface area contributed by atoms with E-state index in [0.717, 1.165) is 19.7 Å².